The van der Waals surface area contributed by atoms with Crippen molar-refractivity contribution < 1.29 is 24.5 Å². The lowest BCUT2D eigenvalue weighted by molar-refractivity contribution is -0.167. The van der Waals surface area contributed by atoms with E-state index in [-0.39, 0.29) is 5.57 Å². The maximum Gasteiger partial charge on any atom is 0.341 e. The quantitative estimate of drug-likeness (QED) is 0.634. The van der Waals surface area contributed by atoms with E-state index in [1.54, 1.807) is 0 Å². The van der Waals surface area contributed by atoms with Gasteiger partial charge in [0.2, 0.25) is 0 Å². The number of hydrogen-bond donors (Lipinski definition) is 2. The van der Waals surface area contributed by atoms with Crippen molar-refractivity contribution in [3.63, 3.8) is 0 Å². The highest BCUT2D eigenvalue weighted by molar-refractivity contribution is 5.91. The van der Waals surface area contributed by atoms with E-state index < -0.39 is 23.5 Å². The molecule has 0 radical (unpaired) electrons. The molecule has 0 aromatic carbocycles. The molecule has 2 unspecified atom stereocenters. The molecule has 5 heteroatoms. The van der Waals surface area contributed by atoms with E-state index in [0.29, 0.717) is 0 Å². The molecule has 0 amide bonds. The number of allylic oxidation sites excluding steroid dienone is 2. The number of carbonyl (C=O) groups is 2. The van der Waals surface area contributed by atoms with Crippen molar-refractivity contribution in [3.8, 4) is 0 Å². The van der Waals surface area contributed by atoms with Gasteiger partial charge in [0.1, 0.15) is 5.92 Å². The van der Waals surface area contributed by atoms with E-state index in [4.69, 9.17) is 5.11 Å². The summed E-state index contributed by atoms with van der Waals surface area (Å²) in [6.07, 6.45) is 4.29. The molecular weight excluding hydrogens is 200 g/mol. The smallest absolute Gasteiger partial charge is 0.341 e. The zero-order chi connectivity index (χ0) is 11.6. The summed E-state index contributed by atoms with van der Waals surface area (Å²) >= 11 is 0. The van der Waals surface area contributed by atoms with Gasteiger partial charge in [0.05, 0.1) is 7.11 Å². The summed E-state index contributed by atoms with van der Waals surface area (Å²) in [5, 5.41) is 18.9. The van der Waals surface area contributed by atoms with Gasteiger partial charge in [-0.1, -0.05) is 18.2 Å². The minimum atomic E-state index is -2.21. The number of carboxylic acid groups (broad SMARTS) is 1. The van der Waals surface area contributed by atoms with Crippen LogP contribution in [0.25, 0.3) is 0 Å². The van der Waals surface area contributed by atoms with Gasteiger partial charge in [0, 0.05) is 0 Å². The first kappa shape index (κ1) is 11.5. The second-order valence-electron chi connectivity index (χ2n) is 3.31. The average molecular weight is 212 g/mol. The summed E-state index contributed by atoms with van der Waals surface area (Å²) in [5.41, 5.74) is -2.00. The highest BCUT2D eigenvalue weighted by Gasteiger charge is 2.49. The van der Waals surface area contributed by atoms with E-state index in [1.165, 1.54) is 25.2 Å². The predicted octanol–water partition coefficient (Wildman–Crippen LogP) is 0.107. The lowest BCUT2D eigenvalue weighted by Crippen LogP contribution is -2.50. The molecule has 0 aromatic rings. The number of hydrogen-bond acceptors (Lipinski definition) is 4. The Morgan fingerprint density at radius 3 is 2.60 bits per heavy atom. The van der Waals surface area contributed by atoms with Gasteiger partial charge in [-0.15, -0.1) is 0 Å². The molecule has 1 aliphatic carbocycles. The van der Waals surface area contributed by atoms with Gasteiger partial charge < -0.3 is 14.9 Å². The number of methoxy groups -OCH3 is 1. The Morgan fingerprint density at radius 1 is 1.53 bits per heavy atom. The first-order valence-electron chi connectivity index (χ1n) is 4.33. The summed E-state index contributed by atoms with van der Waals surface area (Å²) in [7, 11) is 1.14. The number of carboxylic acids is 1. The molecule has 0 fully saturated rings. The van der Waals surface area contributed by atoms with Crippen LogP contribution in [0.2, 0.25) is 0 Å². The average Bonchev–Trinajstić information content (AvgIpc) is 2.20. The van der Waals surface area contributed by atoms with E-state index in [0.717, 1.165) is 7.11 Å². The Hall–Kier alpha value is -1.62. The number of aliphatic carboxylic acids is 1. The number of rotatable bonds is 2. The zero-order valence-corrected chi connectivity index (χ0v) is 8.43. The van der Waals surface area contributed by atoms with Gasteiger partial charge in [-0.25, -0.2) is 4.79 Å². The second kappa shape index (κ2) is 3.86. The van der Waals surface area contributed by atoms with Gasteiger partial charge >= 0.3 is 11.9 Å². The second-order valence-corrected chi connectivity index (χ2v) is 3.31. The molecule has 0 saturated carbocycles. The molecule has 15 heavy (non-hydrogen) atoms. The van der Waals surface area contributed by atoms with Gasteiger partial charge in [-0.2, -0.15) is 0 Å². The Kier molecular flexibility index (Phi) is 2.95. The Bertz CT molecular complexity index is 355. The van der Waals surface area contributed by atoms with Gasteiger partial charge in [0.25, 0.3) is 0 Å². The van der Waals surface area contributed by atoms with Crippen LogP contribution in [0, 0.1) is 5.92 Å². The van der Waals surface area contributed by atoms with Gasteiger partial charge in [-0.3, -0.25) is 4.79 Å². The molecule has 0 heterocycles. The van der Waals surface area contributed by atoms with Crippen molar-refractivity contribution in [2.75, 3.05) is 7.11 Å². The monoisotopic (exact) mass is 212 g/mol. The Labute approximate surface area is 86.7 Å². The number of aliphatic hydroxyl groups is 1. The number of ether oxygens (including phenoxy) is 1. The summed E-state index contributed by atoms with van der Waals surface area (Å²) in [5.74, 6) is -3.44. The molecule has 0 spiro atoms. The molecule has 2 N–H and O–H groups in total. The van der Waals surface area contributed by atoms with Crippen LogP contribution >= 0.6 is 0 Å². The van der Waals surface area contributed by atoms with Crippen molar-refractivity contribution in [3.05, 3.63) is 23.8 Å². The van der Waals surface area contributed by atoms with Crippen LogP contribution in [0.4, 0.5) is 0 Å². The van der Waals surface area contributed by atoms with Gasteiger partial charge in [-0.05, 0) is 12.5 Å². The third kappa shape index (κ3) is 1.66. The minimum absolute atomic E-state index is 0.202. The molecule has 0 aromatic heterocycles. The van der Waals surface area contributed by atoms with Crippen LogP contribution in [0.5, 0.6) is 0 Å². The Morgan fingerprint density at radius 2 is 2.13 bits per heavy atom. The maximum absolute atomic E-state index is 11.3. The SMILES string of the molecule is COC(=O)C1C=CC=C(C)C1(O)C(=O)O. The number of esters is 1. The van der Waals surface area contributed by atoms with Crippen LogP contribution in [0.15, 0.2) is 23.8 Å². The van der Waals surface area contributed by atoms with Crippen molar-refractivity contribution in [2.45, 2.75) is 12.5 Å². The minimum Gasteiger partial charge on any atom is -0.479 e. The van der Waals surface area contributed by atoms with E-state index in [2.05, 4.69) is 4.74 Å². The van der Waals surface area contributed by atoms with Crippen LogP contribution in [-0.2, 0) is 14.3 Å². The largest absolute Gasteiger partial charge is 0.479 e. The fourth-order valence-corrected chi connectivity index (χ4v) is 1.50. The Balaban J connectivity index is 3.18. The number of carbonyl (C=O) groups excluding carboxylic acids is 1. The fourth-order valence-electron chi connectivity index (χ4n) is 1.50. The summed E-state index contributed by atoms with van der Waals surface area (Å²) in [4.78, 5) is 22.3. The standard InChI is InChI=1S/C10H12O5/c1-6-4-3-5-7(8(11)15-2)10(6,14)9(12)13/h3-5,7,14H,1-2H3,(H,12,13). The van der Waals surface area contributed by atoms with E-state index in [1.807, 2.05) is 0 Å². The molecule has 2 atom stereocenters. The van der Waals surface area contributed by atoms with Crippen LogP contribution in [0.1, 0.15) is 6.92 Å². The van der Waals surface area contributed by atoms with Crippen molar-refractivity contribution in [1.82, 2.24) is 0 Å². The molecule has 82 valence electrons. The normalized spacial score (nSPS) is 29.5. The predicted molar refractivity (Wildman–Crippen MR) is 51.0 cm³/mol. The maximum atomic E-state index is 11.3. The van der Waals surface area contributed by atoms with Crippen LogP contribution in [-0.4, -0.2) is 34.9 Å². The summed E-state index contributed by atoms with van der Waals surface area (Å²) in [6, 6.07) is 0. The van der Waals surface area contributed by atoms with Gasteiger partial charge in [0.15, 0.2) is 5.60 Å². The summed E-state index contributed by atoms with van der Waals surface area (Å²) in [6.45, 7) is 1.45. The van der Waals surface area contributed by atoms with Crippen LogP contribution in [0.3, 0.4) is 0 Å². The zero-order valence-electron chi connectivity index (χ0n) is 8.43. The van der Waals surface area contributed by atoms with Crippen molar-refractivity contribution in [2.24, 2.45) is 5.92 Å². The fraction of sp³-hybridized carbons (Fsp3) is 0.400. The third-order valence-corrected chi connectivity index (χ3v) is 2.48. The van der Waals surface area contributed by atoms with E-state index >= 15 is 0 Å². The third-order valence-electron chi connectivity index (χ3n) is 2.48. The molecule has 0 bridgehead atoms. The van der Waals surface area contributed by atoms with E-state index in [9.17, 15) is 14.7 Å². The first-order chi connectivity index (χ1) is 6.94. The highest BCUT2D eigenvalue weighted by atomic mass is 16.5. The van der Waals surface area contributed by atoms with Crippen molar-refractivity contribution in [1.29, 1.82) is 0 Å². The lowest BCUT2D eigenvalue weighted by atomic mass is 9.78. The topological polar surface area (TPSA) is 83.8 Å². The molecule has 5 nitrogen and oxygen atoms in total. The molecule has 0 saturated heterocycles. The van der Waals surface area contributed by atoms with Crippen LogP contribution < -0.4 is 0 Å². The molecule has 1 rings (SSSR count). The highest BCUT2D eigenvalue weighted by Crippen LogP contribution is 2.31. The molecule has 0 aliphatic heterocycles. The molecule has 1 aliphatic rings. The molecular formula is C10H12O5. The lowest BCUT2D eigenvalue weighted by Gasteiger charge is -2.31. The summed E-state index contributed by atoms with van der Waals surface area (Å²) < 4.78 is 4.44. The van der Waals surface area contributed by atoms with Crippen molar-refractivity contribution >= 4 is 11.9 Å². The first-order valence-corrected chi connectivity index (χ1v) is 4.33.